The van der Waals surface area contributed by atoms with Crippen LogP contribution < -0.4 is 5.32 Å². The van der Waals surface area contributed by atoms with Crippen LogP contribution >= 0.6 is 11.3 Å². The van der Waals surface area contributed by atoms with Crippen molar-refractivity contribution in [2.45, 2.75) is 45.2 Å². The normalized spacial score (nSPS) is 20.7. The molecule has 18 heavy (non-hydrogen) atoms. The summed E-state index contributed by atoms with van der Waals surface area (Å²) >= 11 is 1.61. The van der Waals surface area contributed by atoms with Crippen LogP contribution in [0.5, 0.6) is 0 Å². The Balaban J connectivity index is 2.09. The van der Waals surface area contributed by atoms with Gasteiger partial charge in [-0.2, -0.15) is 0 Å². The van der Waals surface area contributed by atoms with Gasteiger partial charge in [-0.25, -0.2) is 4.98 Å². The first kappa shape index (κ1) is 13.5. The van der Waals surface area contributed by atoms with Gasteiger partial charge in [-0.3, -0.25) is 4.79 Å². The Morgan fingerprint density at radius 1 is 1.61 bits per heavy atom. The molecule has 2 heterocycles. The predicted octanol–water partition coefficient (Wildman–Crippen LogP) is 1.98. The first-order chi connectivity index (χ1) is 8.57. The molecular weight excluding hydrogens is 246 g/mol. The van der Waals surface area contributed by atoms with Crippen LogP contribution in [0.3, 0.4) is 0 Å². The van der Waals surface area contributed by atoms with Crippen molar-refractivity contribution in [3.05, 3.63) is 16.6 Å². The van der Waals surface area contributed by atoms with Crippen LogP contribution in [0.4, 0.5) is 0 Å². The summed E-state index contributed by atoms with van der Waals surface area (Å²) in [5.41, 5.74) is -0.298. The van der Waals surface area contributed by atoms with E-state index in [1.54, 1.807) is 17.5 Å². The molecule has 0 saturated carbocycles. The third-order valence-electron chi connectivity index (χ3n) is 3.48. The predicted molar refractivity (Wildman–Crippen MR) is 73.6 cm³/mol. The fourth-order valence-electron chi connectivity index (χ4n) is 2.38. The van der Waals surface area contributed by atoms with Crippen LogP contribution in [0.15, 0.2) is 11.6 Å². The molecule has 100 valence electrons. The molecule has 1 N–H and O–H groups in total. The van der Waals surface area contributed by atoms with Gasteiger partial charge in [-0.05, 0) is 33.2 Å². The van der Waals surface area contributed by atoms with Crippen LogP contribution in [0.1, 0.15) is 38.6 Å². The number of nitrogens with zero attached hydrogens (tertiary/aromatic N) is 2. The number of likely N-dealkylation sites (tertiary alicyclic amines) is 1. The molecule has 1 atom stereocenters. The minimum Gasteiger partial charge on any atom is -0.330 e. The summed E-state index contributed by atoms with van der Waals surface area (Å²) in [4.78, 5) is 18.7. The lowest BCUT2D eigenvalue weighted by atomic mass is 10.0. The molecular formula is C13H21N3OS. The molecule has 0 radical (unpaired) electrons. The summed E-state index contributed by atoms with van der Waals surface area (Å²) in [6.45, 7) is 7.98. The van der Waals surface area contributed by atoms with Gasteiger partial charge in [-0.1, -0.05) is 6.92 Å². The maximum atomic E-state index is 12.4. The Kier molecular flexibility index (Phi) is 4.02. The molecule has 1 aliphatic heterocycles. The first-order valence-electron chi connectivity index (χ1n) is 6.52. The highest BCUT2D eigenvalue weighted by molar-refractivity contribution is 7.09. The Hall–Kier alpha value is -0.940. The molecule has 1 saturated heterocycles. The lowest BCUT2D eigenvalue weighted by molar-refractivity contribution is -0.134. The summed E-state index contributed by atoms with van der Waals surface area (Å²) in [7, 11) is 0. The summed E-state index contributed by atoms with van der Waals surface area (Å²) in [6, 6.07) is -0.0100. The average molecular weight is 267 g/mol. The highest BCUT2D eigenvalue weighted by Crippen LogP contribution is 2.32. The molecule has 0 aromatic carbocycles. The second-order valence-electron chi connectivity index (χ2n) is 5.18. The number of hydrogen-bond acceptors (Lipinski definition) is 4. The van der Waals surface area contributed by atoms with E-state index in [0.717, 1.165) is 30.9 Å². The van der Waals surface area contributed by atoms with Crippen molar-refractivity contribution in [2.75, 3.05) is 13.1 Å². The van der Waals surface area contributed by atoms with Crippen molar-refractivity contribution in [1.29, 1.82) is 0 Å². The maximum Gasteiger partial charge on any atom is 0.240 e. The smallest absolute Gasteiger partial charge is 0.240 e. The van der Waals surface area contributed by atoms with Gasteiger partial charge in [0, 0.05) is 18.1 Å². The molecule has 1 aromatic heterocycles. The van der Waals surface area contributed by atoms with Crippen molar-refractivity contribution in [3.8, 4) is 0 Å². The summed E-state index contributed by atoms with van der Waals surface area (Å²) in [5, 5.41) is 6.29. The van der Waals surface area contributed by atoms with Crippen molar-refractivity contribution in [1.82, 2.24) is 15.2 Å². The largest absolute Gasteiger partial charge is 0.330 e. The lowest BCUT2D eigenvalue weighted by Gasteiger charge is -2.34. The van der Waals surface area contributed by atoms with Crippen molar-refractivity contribution in [3.63, 3.8) is 0 Å². The molecule has 0 spiro atoms. The summed E-state index contributed by atoms with van der Waals surface area (Å²) in [5.74, 6) is 0.212. The molecule has 0 aliphatic carbocycles. The Morgan fingerprint density at radius 2 is 2.39 bits per heavy atom. The second-order valence-corrected chi connectivity index (χ2v) is 6.08. The van der Waals surface area contributed by atoms with Crippen molar-refractivity contribution in [2.24, 2.45) is 0 Å². The number of carbonyl (C=O) groups excluding carboxylic acids is 1. The van der Waals surface area contributed by atoms with E-state index in [2.05, 4.69) is 31.1 Å². The number of hydrogen-bond donors (Lipinski definition) is 1. The monoisotopic (exact) mass is 267 g/mol. The minimum absolute atomic E-state index is 0.0100. The van der Waals surface area contributed by atoms with Gasteiger partial charge in [-0.15, -0.1) is 11.3 Å². The molecule has 0 bridgehead atoms. The van der Waals surface area contributed by atoms with E-state index in [1.807, 2.05) is 10.3 Å². The Morgan fingerprint density at radius 3 is 3.00 bits per heavy atom. The maximum absolute atomic E-state index is 12.4. The zero-order chi connectivity index (χ0) is 13.2. The molecule has 5 heteroatoms. The zero-order valence-corrected chi connectivity index (χ0v) is 12.1. The van der Waals surface area contributed by atoms with Gasteiger partial charge in [0.05, 0.1) is 11.6 Å². The number of amides is 1. The van der Waals surface area contributed by atoms with Crippen molar-refractivity contribution >= 4 is 17.2 Å². The quantitative estimate of drug-likeness (QED) is 0.887. The first-order valence-corrected chi connectivity index (χ1v) is 7.40. The van der Waals surface area contributed by atoms with Crippen LogP contribution in [-0.4, -0.2) is 34.9 Å². The van der Waals surface area contributed by atoms with Crippen LogP contribution in [0.2, 0.25) is 0 Å². The summed E-state index contributed by atoms with van der Waals surface area (Å²) < 4.78 is 0. The van der Waals surface area contributed by atoms with Gasteiger partial charge < -0.3 is 10.2 Å². The molecule has 4 nitrogen and oxygen atoms in total. The second kappa shape index (κ2) is 5.36. The third-order valence-corrected chi connectivity index (χ3v) is 4.56. The van der Waals surface area contributed by atoms with E-state index in [4.69, 9.17) is 0 Å². The Labute approximate surface area is 112 Å². The highest BCUT2D eigenvalue weighted by Gasteiger charge is 2.41. The topological polar surface area (TPSA) is 45.2 Å². The Bertz CT molecular complexity index is 402. The third kappa shape index (κ3) is 2.42. The molecule has 1 fully saturated rings. The zero-order valence-electron chi connectivity index (χ0n) is 11.3. The van der Waals surface area contributed by atoms with Gasteiger partial charge in [0.1, 0.15) is 5.01 Å². The number of thiazole rings is 1. The standard InChI is InChI=1S/C13H21N3OS/c1-4-6-14-10-5-8-16(11(10)17)13(2,3)12-15-7-9-18-12/h7,9-10,14H,4-6,8H2,1-3H3. The molecule has 1 aliphatic rings. The number of carbonyl (C=O) groups is 1. The minimum atomic E-state index is -0.298. The van der Waals surface area contributed by atoms with Crippen LogP contribution in [-0.2, 0) is 10.3 Å². The molecule has 2 rings (SSSR count). The fourth-order valence-corrected chi connectivity index (χ4v) is 3.15. The van der Waals surface area contributed by atoms with E-state index in [1.165, 1.54) is 0 Å². The van der Waals surface area contributed by atoms with E-state index in [9.17, 15) is 4.79 Å². The van der Waals surface area contributed by atoms with Crippen molar-refractivity contribution < 1.29 is 4.79 Å². The van der Waals surface area contributed by atoms with E-state index < -0.39 is 0 Å². The highest BCUT2D eigenvalue weighted by atomic mass is 32.1. The van der Waals surface area contributed by atoms with Crippen LogP contribution in [0.25, 0.3) is 0 Å². The fraction of sp³-hybridized carbons (Fsp3) is 0.692. The number of aromatic nitrogens is 1. The van der Waals surface area contributed by atoms with Gasteiger partial charge in [0.2, 0.25) is 5.91 Å². The number of rotatable bonds is 5. The summed E-state index contributed by atoms with van der Waals surface area (Å²) in [6.07, 6.45) is 3.75. The SMILES string of the molecule is CCCNC1CCN(C(C)(C)c2nccs2)C1=O. The van der Waals surface area contributed by atoms with Gasteiger partial charge in [0.15, 0.2) is 0 Å². The molecule has 1 amide bonds. The van der Waals surface area contributed by atoms with E-state index in [-0.39, 0.29) is 17.5 Å². The lowest BCUT2D eigenvalue weighted by Crippen LogP contribution is -2.46. The average Bonchev–Trinajstić information content (AvgIpc) is 2.96. The molecule has 1 unspecified atom stereocenters. The van der Waals surface area contributed by atoms with Gasteiger partial charge >= 0.3 is 0 Å². The van der Waals surface area contributed by atoms with Crippen LogP contribution in [0, 0.1) is 0 Å². The molecule has 1 aromatic rings. The van der Waals surface area contributed by atoms with E-state index >= 15 is 0 Å². The van der Waals surface area contributed by atoms with E-state index in [0.29, 0.717) is 0 Å². The van der Waals surface area contributed by atoms with Gasteiger partial charge in [0.25, 0.3) is 0 Å². The number of nitrogens with one attached hydrogen (secondary N) is 1.